The van der Waals surface area contributed by atoms with Gasteiger partial charge in [-0.05, 0) is 80.4 Å². The molecule has 5 rings (SSSR count). The van der Waals surface area contributed by atoms with Gasteiger partial charge in [-0.3, -0.25) is 14.5 Å². The maximum Gasteiger partial charge on any atom is 0.257 e. The fourth-order valence-electron chi connectivity index (χ4n) is 4.99. The second-order valence-corrected chi connectivity index (χ2v) is 9.92. The number of likely N-dealkylation sites (tertiary alicyclic amines) is 1. The molecule has 3 N–H and O–H groups in total. The predicted molar refractivity (Wildman–Crippen MR) is 151 cm³/mol. The number of benzene rings is 3. The van der Waals surface area contributed by atoms with Crippen molar-refractivity contribution in [2.75, 3.05) is 30.8 Å². The van der Waals surface area contributed by atoms with E-state index in [9.17, 15) is 9.59 Å². The van der Waals surface area contributed by atoms with Crippen LogP contribution in [-0.2, 0) is 11.3 Å². The van der Waals surface area contributed by atoms with E-state index in [2.05, 4.69) is 33.0 Å². The van der Waals surface area contributed by atoms with Crippen molar-refractivity contribution >= 4 is 28.8 Å². The molecule has 7 nitrogen and oxygen atoms in total. The van der Waals surface area contributed by atoms with Gasteiger partial charge in [0.2, 0.25) is 0 Å². The number of nitrogens with one attached hydrogen (secondary N) is 3. The molecule has 1 fully saturated rings. The molecule has 1 atom stereocenters. The Hall–Kier alpha value is -4.10. The van der Waals surface area contributed by atoms with Crippen LogP contribution in [0.3, 0.4) is 0 Å². The lowest BCUT2D eigenvalue weighted by molar-refractivity contribution is -0.110. The number of carbonyl (C=O) groups is 2. The number of amides is 2. The first-order valence-corrected chi connectivity index (χ1v) is 13.2. The summed E-state index contributed by atoms with van der Waals surface area (Å²) in [5.41, 5.74) is 5.57. The van der Waals surface area contributed by atoms with Crippen LogP contribution in [-0.4, -0.2) is 36.9 Å². The Morgan fingerprint density at radius 2 is 1.84 bits per heavy atom. The normalized spacial score (nSPS) is 17.0. The molecule has 38 heavy (non-hydrogen) atoms. The van der Waals surface area contributed by atoms with Gasteiger partial charge < -0.3 is 20.7 Å². The molecule has 196 valence electrons. The predicted octanol–water partition coefficient (Wildman–Crippen LogP) is 5.58. The molecule has 2 aliphatic heterocycles. The fraction of sp³-hybridized carbons (Fsp3) is 0.290. The number of piperidine rings is 1. The average molecular weight is 511 g/mol. The quantitative estimate of drug-likeness (QED) is 0.345. The zero-order valence-electron chi connectivity index (χ0n) is 21.9. The van der Waals surface area contributed by atoms with Gasteiger partial charge in [-0.25, -0.2) is 0 Å². The molecule has 7 heteroatoms. The Morgan fingerprint density at radius 3 is 2.61 bits per heavy atom. The zero-order valence-corrected chi connectivity index (χ0v) is 21.9. The summed E-state index contributed by atoms with van der Waals surface area (Å²) in [6.45, 7) is 5.25. The average Bonchev–Trinajstić information content (AvgIpc) is 3.27. The molecule has 0 aliphatic carbocycles. The second-order valence-electron chi connectivity index (χ2n) is 9.92. The minimum absolute atomic E-state index is 0.198. The van der Waals surface area contributed by atoms with Crippen molar-refractivity contribution in [3.05, 3.63) is 95.2 Å². The molecule has 0 unspecified atom stereocenters. The zero-order chi connectivity index (χ0) is 26.5. The van der Waals surface area contributed by atoms with Gasteiger partial charge in [-0.2, -0.15) is 0 Å². The van der Waals surface area contributed by atoms with Crippen LogP contribution in [0.15, 0.2) is 72.9 Å². The lowest BCUT2D eigenvalue weighted by atomic mass is 10.0. The van der Waals surface area contributed by atoms with Gasteiger partial charge in [-0.1, -0.05) is 36.8 Å². The van der Waals surface area contributed by atoms with Gasteiger partial charge in [-0.15, -0.1) is 0 Å². The highest BCUT2D eigenvalue weighted by Gasteiger charge is 2.25. The summed E-state index contributed by atoms with van der Waals surface area (Å²) in [6, 6.07) is 21.0. The van der Waals surface area contributed by atoms with Crippen molar-refractivity contribution in [2.45, 2.75) is 38.8 Å². The summed E-state index contributed by atoms with van der Waals surface area (Å²) in [4.78, 5) is 28.1. The highest BCUT2D eigenvalue weighted by atomic mass is 16.5. The number of carbonyl (C=O) groups excluding carboxylic acids is 2. The van der Waals surface area contributed by atoms with E-state index in [1.807, 2.05) is 49.4 Å². The number of hydrogen-bond donors (Lipinski definition) is 3. The third-order valence-corrected chi connectivity index (χ3v) is 7.20. The number of rotatable bonds is 8. The SMILES string of the molecule is COc1cccc([C@H](C)NC(=O)c2ccc3c(c2)NC(=O)/C3=C\Nc2ccc(CN3CCCCC3)cc2)c1. The van der Waals surface area contributed by atoms with Crippen molar-refractivity contribution in [3.63, 3.8) is 0 Å². The molecule has 0 radical (unpaired) electrons. The minimum Gasteiger partial charge on any atom is -0.497 e. The Bertz CT molecular complexity index is 1340. The Morgan fingerprint density at radius 1 is 1.05 bits per heavy atom. The lowest BCUT2D eigenvalue weighted by Crippen LogP contribution is -2.29. The molecule has 2 amide bonds. The van der Waals surface area contributed by atoms with Gasteiger partial charge in [0.1, 0.15) is 5.75 Å². The van der Waals surface area contributed by atoms with Gasteiger partial charge in [0.15, 0.2) is 0 Å². The van der Waals surface area contributed by atoms with E-state index in [1.54, 1.807) is 25.4 Å². The topological polar surface area (TPSA) is 82.7 Å². The third-order valence-electron chi connectivity index (χ3n) is 7.20. The van der Waals surface area contributed by atoms with Crippen molar-refractivity contribution in [1.82, 2.24) is 10.2 Å². The fourth-order valence-corrected chi connectivity index (χ4v) is 4.99. The smallest absolute Gasteiger partial charge is 0.257 e. The molecule has 0 bridgehead atoms. The van der Waals surface area contributed by atoms with E-state index in [0.29, 0.717) is 16.8 Å². The first kappa shape index (κ1) is 25.5. The van der Waals surface area contributed by atoms with Crippen LogP contribution in [0.1, 0.15) is 59.3 Å². The van der Waals surface area contributed by atoms with Crippen LogP contribution in [0.2, 0.25) is 0 Å². The summed E-state index contributed by atoms with van der Waals surface area (Å²) in [6.07, 6.45) is 5.63. The maximum absolute atomic E-state index is 12.9. The number of hydrogen-bond acceptors (Lipinski definition) is 5. The van der Waals surface area contributed by atoms with Crippen LogP contribution in [0.5, 0.6) is 5.75 Å². The monoisotopic (exact) mass is 510 g/mol. The highest BCUT2D eigenvalue weighted by Crippen LogP contribution is 2.33. The molecule has 1 saturated heterocycles. The van der Waals surface area contributed by atoms with Crippen LogP contribution >= 0.6 is 0 Å². The van der Waals surface area contributed by atoms with Crippen LogP contribution in [0.25, 0.3) is 5.57 Å². The molecule has 0 aromatic heterocycles. The van der Waals surface area contributed by atoms with E-state index < -0.39 is 0 Å². The Balaban J connectivity index is 1.23. The van der Waals surface area contributed by atoms with Gasteiger partial charge >= 0.3 is 0 Å². The lowest BCUT2D eigenvalue weighted by Gasteiger charge is -2.26. The van der Waals surface area contributed by atoms with Crippen molar-refractivity contribution in [1.29, 1.82) is 0 Å². The van der Waals surface area contributed by atoms with E-state index in [-0.39, 0.29) is 17.9 Å². The molecule has 2 aliphatic rings. The first-order valence-electron chi connectivity index (χ1n) is 13.2. The van der Waals surface area contributed by atoms with Crippen molar-refractivity contribution in [3.8, 4) is 5.75 Å². The number of methoxy groups -OCH3 is 1. The Labute approximate surface area is 223 Å². The third kappa shape index (κ3) is 5.89. The number of nitrogens with zero attached hydrogens (tertiary/aromatic N) is 1. The molecule has 0 saturated carbocycles. The summed E-state index contributed by atoms with van der Waals surface area (Å²) >= 11 is 0. The van der Waals surface area contributed by atoms with Crippen LogP contribution in [0.4, 0.5) is 11.4 Å². The minimum atomic E-state index is -0.211. The van der Waals surface area contributed by atoms with E-state index in [0.717, 1.165) is 29.1 Å². The van der Waals surface area contributed by atoms with Gasteiger partial charge in [0.05, 0.1) is 18.7 Å². The van der Waals surface area contributed by atoms with Gasteiger partial charge in [0.25, 0.3) is 11.8 Å². The Kier molecular flexibility index (Phi) is 7.75. The molecule has 3 aromatic rings. The van der Waals surface area contributed by atoms with E-state index in [1.165, 1.54) is 37.9 Å². The summed E-state index contributed by atoms with van der Waals surface area (Å²) in [7, 11) is 1.62. The number of anilines is 2. The highest BCUT2D eigenvalue weighted by molar-refractivity contribution is 6.32. The standard InChI is InChI=1S/C31H34N4O3/c1-21(23-7-6-8-26(17-23)38-2)33-30(36)24-11-14-27-28(31(37)34-29(27)18-24)19-32-25-12-9-22(10-13-25)20-35-15-4-3-5-16-35/h6-14,17-19,21,32H,3-5,15-16,20H2,1-2H3,(H,33,36)(H,34,37)/b28-19-/t21-/m0/s1. The van der Waals surface area contributed by atoms with Crippen LogP contribution < -0.4 is 20.7 Å². The molecule has 2 heterocycles. The number of ether oxygens (including phenoxy) is 1. The van der Waals surface area contributed by atoms with Crippen molar-refractivity contribution in [2.24, 2.45) is 0 Å². The van der Waals surface area contributed by atoms with Gasteiger partial charge in [0, 0.05) is 35.2 Å². The van der Waals surface area contributed by atoms with E-state index >= 15 is 0 Å². The first-order chi connectivity index (χ1) is 18.5. The largest absolute Gasteiger partial charge is 0.497 e. The molecular weight excluding hydrogens is 476 g/mol. The van der Waals surface area contributed by atoms with Crippen LogP contribution in [0, 0.1) is 0 Å². The summed E-state index contributed by atoms with van der Waals surface area (Å²) in [5, 5.41) is 9.16. The van der Waals surface area contributed by atoms with Crippen molar-refractivity contribution < 1.29 is 14.3 Å². The maximum atomic E-state index is 12.9. The number of fused-ring (bicyclic) bond motifs is 1. The summed E-state index contributed by atoms with van der Waals surface area (Å²) in [5.74, 6) is 0.333. The molecule has 0 spiro atoms. The summed E-state index contributed by atoms with van der Waals surface area (Å²) < 4.78 is 5.28. The van der Waals surface area contributed by atoms with E-state index in [4.69, 9.17) is 4.74 Å². The second kappa shape index (κ2) is 11.5. The molecule has 3 aromatic carbocycles. The molecular formula is C31H34N4O3.